The van der Waals surface area contributed by atoms with Crippen LogP contribution in [0.2, 0.25) is 0 Å². The zero-order chi connectivity index (χ0) is 14.0. The standard InChI is InChI=1S/C16H29FO/c1-14(8-6-9-15(2)11-13-17)10-7-12-16(3,4)18-5/h6,9,11,14H,7-8,10,12-13H2,1-5H3/b9-6+,15-11+. The Kier molecular flexibility index (Phi) is 8.99. The summed E-state index contributed by atoms with van der Waals surface area (Å²) in [6, 6.07) is 0. The second-order valence-corrected chi connectivity index (χ2v) is 5.70. The lowest BCUT2D eigenvalue weighted by molar-refractivity contribution is 0.0128. The third-order valence-corrected chi connectivity index (χ3v) is 3.35. The van der Waals surface area contributed by atoms with Gasteiger partial charge in [-0.15, -0.1) is 0 Å². The molecule has 1 unspecified atom stereocenters. The molecule has 0 aliphatic rings. The summed E-state index contributed by atoms with van der Waals surface area (Å²) in [6.45, 7) is 8.07. The van der Waals surface area contributed by atoms with Crippen molar-refractivity contribution < 1.29 is 9.13 Å². The van der Waals surface area contributed by atoms with E-state index in [2.05, 4.69) is 26.8 Å². The molecule has 1 nitrogen and oxygen atoms in total. The van der Waals surface area contributed by atoms with Gasteiger partial charge < -0.3 is 4.74 Å². The van der Waals surface area contributed by atoms with Gasteiger partial charge in [-0.2, -0.15) is 0 Å². The molecule has 0 rings (SSSR count). The van der Waals surface area contributed by atoms with Gasteiger partial charge in [-0.05, 0) is 39.5 Å². The van der Waals surface area contributed by atoms with Crippen molar-refractivity contribution in [3.8, 4) is 0 Å². The van der Waals surface area contributed by atoms with Gasteiger partial charge in [0.2, 0.25) is 0 Å². The molecule has 1 atom stereocenters. The predicted octanol–water partition coefficient (Wildman–Crippen LogP) is 5.08. The lowest BCUT2D eigenvalue weighted by Gasteiger charge is -2.23. The molecule has 0 N–H and O–H groups in total. The first kappa shape index (κ1) is 17.4. The van der Waals surface area contributed by atoms with E-state index in [-0.39, 0.29) is 12.3 Å². The van der Waals surface area contributed by atoms with E-state index in [1.54, 1.807) is 13.2 Å². The Balaban J connectivity index is 3.79. The zero-order valence-corrected chi connectivity index (χ0v) is 12.6. The van der Waals surface area contributed by atoms with E-state index in [9.17, 15) is 4.39 Å². The highest BCUT2D eigenvalue weighted by atomic mass is 19.1. The lowest BCUT2D eigenvalue weighted by atomic mass is 9.95. The first-order chi connectivity index (χ1) is 8.41. The Hall–Kier alpha value is -0.630. The molecule has 0 heterocycles. The van der Waals surface area contributed by atoms with E-state index in [4.69, 9.17) is 4.74 Å². The normalized spacial score (nSPS) is 15.3. The molecular weight excluding hydrogens is 227 g/mol. The number of hydrogen-bond acceptors (Lipinski definition) is 1. The third-order valence-electron chi connectivity index (χ3n) is 3.35. The molecule has 2 heteroatoms. The largest absolute Gasteiger partial charge is 0.379 e. The second-order valence-electron chi connectivity index (χ2n) is 5.70. The SMILES string of the molecule is COC(C)(C)CCCC(C)C/C=C/C(C)=C/CF. The Labute approximate surface area is 112 Å². The monoisotopic (exact) mass is 256 g/mol. The van der Waals surface area contributed by atoms with Crippen molar-refractivity contribution in [2.45, 2.75) is 59.0 Å². The van der Waals surface area contributed by atoms with E-state index < -0.39 is 0 Å². The summed E-state index contributed by atoms with van der Waals surface area (Å²) < 4.78 is 17.4. The molecule has 0 aromatic heterocycles. The van der Waals surface area contributed by atoms with Crippen LogP contribution in [0.5, 0.6) is 0 Å². The smallest absolute Gasteiger partial charge is 0.108 e. The third kappa shape index (κ3) is 9.41. The van der Waals surface area contributed by atoms with E-state index >= 15 is 0 Å². The molecule has 18 heavy (non-hydrogen) atoms. The summed E-state index contributed by atoms with van der Waals surface area (Å²) in [7, 11) is 1.77. The minimum atomic E-state index is -0.377. The van der Waals surface area contributed by atoms with Crippen molar-refractivity contribution in [2.24, 2.45) is 5.92 Å². The Bertz CT molecular complexity index is 266. The van der Waals surface area contributed by atoms with E-state index in [1.165, 1.54) is 12.8 Å². The molecule has 0 spiro atoms. The first-order valence-corrected chi connectivity index (χ1v) is 6.85. The summed E-state index contributed by atoms with van der Waals surface area (Å²) in [6.07, 6.45) is 10.3. The van der Waals surface area contributed by atoms with Crippen molar-refractivity contribution in [1.82, 2.24) is 0 Å². The average Bonchev–Trinajstić information content (AvgIpc) is 2.29. The highest BCUT2D eigenvalue weighted by Crippen LogP contribution is 2.20. The number of ether oxygens (including phenoxy) is 1. The van der Waals surface area contributed by atoms with Crippen LogP contribution in [0, 0.1) is 5.92 Å². The fraction of sp³-hybridized carbons (Fsp3) is 0.750. The van der Waals surface area contributed by atoms with E-state index in [0.717, 1.165) is 18.4 Å². The summed E-state index contributed by atoms with van der Waals surface area (Å²) >= 11 is 0. The first-order valence-electron chi connectivity index (χ1n) is 6.85. The molecule has 0 aromatic rings. The van der Waals surface area contributed by atoms with Crippen LogP contribution in [0.1, 0.15) is 53.4 Å². The van der Waals surface area contributed by atoms with Crippen LogP contribution in [-0.4, -0.2) is 19.4 Å². The number of methoxy groups -OCH3 is 1. The van der Waals surface area contributed by atoms with Gasteiger partial charge in [-0.1, -0.05) is 43.6 Å². The maximum Gasteiger partial charge on any atom is 0.108 e. The van der Waals surface area contributed by atoms with E-state index in [1.807, 2.05) is 13.0 Å². The summed E-state index contributed by atoms with van der Waals surface area (Å²) in [5, 5.41) is 0. The number of hydrogen-bond donors (Lipinski definition) is 0. The number of alkyl halides is 1. The van der Waals surface area contributed by atoms with E-state index in [0.29, 0.717) is 5.92 Å². The lowest BCUT2D eigenvalue weighted by Crippen LogP contribution is -2.22. The maximum absolute atomic E-state index is 12.0. The van der Waals surface area contributed by atoms with Gasteiger partial charge in [0.25, 0.3) is 0 Å². The topological polar surface area (TPSA) is 9.23 Å². The molecule has 0 fully saturated rings. The summed E-state index contributed by atoms with van der Waals surface area (Å²) in [4.78, 5) is 0. The van der Waals surface area contributed by atoms with Gasteiger partial charge in [-0.25, -0.2) is 4.39 Å². The number of rotatable bonds is 9. The second kappa shape index (κ2) is 9.32. The molecule has 0 bridgehead atoms. The predicted molar refractivity (Wildman–Crippen MR) is 77.6 cm³/mol. The zero-order valence-electron chi connectivity index (χ0n) is 12.6. The van der Waals surface area contributed by atoms with Gasteiger partial charge in [0.1, 0.15) is 6.67 Å². The fourth-order valence-corrected chi connectivity index (χ4v) is 1.77. The molecule has 106 valence electrons. The van der Waals surface area contributed by atoms with Crippen molar-refractivity contribution in [2.75, 3.05) is 13.8 Å². The molecule has 0 saturated heterocycles. The molecule has 0 aliphatic heterocycles. The molecule has 0 aromatic carbocycles. The fourth-order valence-electron chi connectivity index (χ4n) is 1.77. The highest BCUT2D eigenvalue weighted by molar-refractivity contribution is 5.15. The molecule has 0 amide bonds. The van der Waals surface area contributed by atoms with Crippen molar-refractivity contribution in [3.63, 3.8) is 0 Å². The van der Waals surface area contributed by atoms with Crippen LogP contribution in [0.15, 0.2) is 23.8 Å². The summed E-state index contributed by atoms with van der Waals surface area (Å²) in [5.74, 6) is 0.673. The molecule has 0 radical (unpaired) electrons. The summed E-state index contributed by atoms with van der Waals surface area (Å²) in [5.41, 5.74) is 1.00. The van der Waals surface area contributed by atoms with Gasteiger partial charge in [-0.3, -0.25) is 0 Å². The van der Waals surface area contributed by atoms with Gasteiger partial charge in [0, 0.05) is 7.11 Å². The molecule has 0 saturated carbocycles. The van der Waals surface area contributed by atoms with Crippen molar-refractivity contribution in [1.29, 1.82) is 0 Å². The van der Waals surface area contributed by atoms with Gasteiger partial charge >= 0.3 is 0 Å². The molecule has 0 aliphatic carbocycles. The highest BCUT2D eigenvalue weighted by Gasteiger charge is 2.15. The Morgan fingerprint density at radius 2 is 2.06 bits per heavy atom. The van der Waals surface area contributed by atoms with Crippen LogP contribution in [0.4, 0.5) is 4.39 Å². The average molecular weight is 256 g/mol. The van der Waals surface area contributed by atoms with Crippen LogP contribution in [0.3, 0.4) is 0 Å². The Morgan fingerprint density at radius 1 is 1.39 bits per heavy atom. The van der Waals surface area contributed by atoms with Crippen LogP contribution in [-0.2, 0) is 4.74 Å². The van der Waals surface area contributed by atoms with Gasteiger partial charge in [0.15, 0.2) is 0 Å². The van der Waals surface area contributed by atoms with Crippen molar-refractivity contribution in [3.05, 3.63) is 23.8 Å². The maximum atomic E-state index is 12.0. The van der Waals surface area contributed by atoms with Crippen LogP contribution in [0.25, 0.3) is 0 Å². The van der Waals surface area contributed by atoms with Crippen molar-refractivity contribution >= 4 is 0 Å². The Morgan fingerprint density at radius 3 is 2.61 bits per heavy atom. The van der Waals surface area contributed by atoms with Crippen LogP contribution < -0.4 is 0 Å². The molecular formula is C16H29FO. The minimum absolute atomic E-state index is 0.00396. The number of allylic oxidation sites excluding steroid dienone is 4. The van der Waals surface area contributed by atoms with Crippen LogP contribution >= 0.6 is 0 Å². The minimum Gasteiger partial charge on any atom is -0.379 e. The number of halogens is 1. The quantitative estimate of drug-likeness (QED) is 0.523. The van der Waals surface area contributed by atoms with Gasteiger partial charge in [0.05, 0.1) is 5.60 Å².